The fourth-order valence-electron chi connectivity index (χ4n) is 2.50. The monoisotopic (exact) mass is 180 g/mol. The van der Waals surface area contributed by atoms with E-state index in [2.05, 4.69) is 17.2 Å². The first-order chi connectivity index (χ1) is 6.36. The lowest BCUT2D eigenvalue weighted by Gasteiger charge is -2.21. The smallest absolute Gasteiger partial charge is 0.0965 e. The zero-order valence-corrected chi connectivity index (χ0v) is 8.55. The lowest BCUT2D eigenvalue weighted by atomic mass is 10.00. The van der Waals surface area contributed by atoms with Gasteiger partial charge in [0.2, 0.25) is 0 Å². The molecule has 1 aliphatic heterocycles. The molecule has 1 unspecified atom stereocenters. The van der Waals surface area contributed by atoms with E-state index in [1.807, 2.05) is 0 Å². The molecular weight excluding hydrogens is 160 g/mol. The molecule has 1 fully saturated rings. The van der Waals surface area contributed by atoms with Crippen LogP contribution in [0.25, 0.3) is 0 Å². The molecule has 2 heteroatoms. The van der Waals surface area contributed by atoms with Crippen LogP contribution in [0.4, 0.5) is 0 Å². The van der Waals surface area contributed by atoms with E-state index < -0.39 is 0 Å². The van der Waals surface area contributed by atoms with E-state index in [0.717, 1.165) is 12.5 Å². The van der Waals surface area contributed by atoms with Gasteiger partial charge in [-0.1, -0.05) is 12.8 Å². The highest BCUT2D eigenvalue weighted by Crippen LogP contribution is 2.27. The van der Waals surface area contributed by atoms with E-state index in [1.54, 1.807) is 0 Å². The van der Waals surface area contributed by atoms with Gasteiger partial charge in [-0.15, -0.1) is 0 Å². The quantitative estimate of drug-likeness (QED) is 0.693. The molecule has 0 saturated heterocycles. The summed E-state index contributed by atoms with van der Waals surface area (Å²) in [6.07, 6.45) is 8.13. The van der Waals surface area contributed by atoms with Crippen molar-refractivity contribution in [2.24, 2.45) is 10.9 Å². The second-order valence-corrected chi connectivity index (χ2v) is 4.41. The fourth-order valence-corrected chi connectivity index (χ4v) is 2.50. The molecule has 1 aliphatic carbocycles. The summed E-state index contributed by atoms with van der Waals surface area (Å²) >= 11 is 0. The van der Waals surface area contributed by atoms with Gasteiger partial charge < -0.3 is 5.32 Å². The van der Waals surface area contributed by atoms with Crippen molar-refractivity contribution in [2.75, 3.05) is 6.54 Å². The van der Waals surface area contributed by atoms with Crippen molar-refractivity contribution >= 4 is 5.84 Å². The molecule has 2 aliphatic rings. The van der Waals surface area contributed by atoms with Crippen molar-refractivity contribution in [1.82, 2.24) is 5.32 Å². The van der Waals surface area contributed by atoms with Crippen LogP contribution >= 0.6 is 0 Å². The number of rotatable bonds is 2. The molecule has 1 atom stereocenters. The Kier molecular flexibility index (Phi) is 2.87. The van der Waals surface area contributed by atoms with E-state index >= 15 is 0 Å². The topological polar surface area (TPSA) is 24.4 Å². The fraction of sp³-hybridized carbons (Fsp3) is 0.909. The SMILES string of the molecule is CC(NC1=NCCC1)C1CCCC1. The maximum Gasteiger partial charge on any atom is 0.0965 e. The summed E-state index contributed by atoms with van der Waals surface area (Å²) in [6, 6.07) is 0.652. The first-order valence-electron chi connectivity index (χ1n) is 5.66. The summed E-state index contributed by atoms with van der Waals surface area (Å²) in [5, 5.41) is 3.57. The third-order valence-corrected chi connectivity index (χ3v) is 3.38. The lowest BCUT2D eigenvalue weighted by Crippen LogP contribution is -2.36. The Balaban J connectivity index is 1.79. The summed E-state index contributed by atoms with van der Waals surface area (Å²) in [6.45, 7) is 3.36. The number of hydrogen-bond acceptors (Lipinski definition) is 2. The molecule has 1 heterocycles. The lowest BCUT2D eigenvalue weighted by molar-refractivity contribution is 0.425. The summed E-state index contributed by atoms with van der Waals surface area (Å²) in [4.78, 5) is 4.45. The third-order valence-electron chi connectivity index (χ3n) is 3.38. The molecule has 0 aromatic rings. The minimum Gasteiger partial charge on any atom is -0.371 e. The van der Waals surface area contributed by atoms with Crippen LogP contribution in [0.2, 0.25) is 0 Å². The van der Waals surface area contributed by atoms with Crippen LogP contribution in [0.1, 0.15) is 45.4 Å². The van der Waals surface area contributed by atoms with Crippen molar-refractivity contribution in [3.05, 3.63) is 0 Å². The first-order valence-corrected chi connectivity index (χ1v) is 5.66. The molecule has 2 nitrogen and oxygen atoms in total. The van der Waals surface area contributed by atoms with Gasteiger partial charge in [0.25, 0.3) is 0 Å². The third kappa shape index (κ3) is 2.23. The van der Waals surface area contributed by atoms with Gasteiger partial charge in [-0.3, -0.25) is 4.99 Å². The Morgan fingerprint density at radius 3 is 2.69 bits per heavy atom. The van der Waals surface area contributed by atoms with Gasteiger partial charge in [0.15, 0.2) is 0 Å². The molecule has 0 amide bonds. The largest absolute Gasteiger partial charge is 0.371 e. The molecule has 2 rings (SSSR count). The predicted molar refractivity (Wildman–Crippen MR) is 56.1 cm³/mol. The number of aliphatic imine (C=N–C) groups is 1. The van der Waals surface area contributed by atoms with Crippen LogP contribution in [0.5, 0.6) is 0 Å². The zero-order valence-electron chi connectivity index (χ0n) is 8.55. The number of amidine groups is 1. The Morgan fingerprint density at radius 2 is 2.08 bits per heavy atom. The van der Waals surface area contributed by atoms with Crippen LogP contribution in [0.15, 0.2) is 4.99 Å². The van der Waals surface area contributed by atoms with Crippen LogP contribution in [0.3, 0.4) is 0 Å². The summed E-state index contributed by atoms with van der Waals surface area (Å²) < 4.78 is 0. The molecule has 0 bridgehead atoms. The van der Waals surface area contributed by atoms with Gasteiger partial charge in [0.1, 0.15) is 0 Å². The second-order valence-electron chi connectivity index (χ2n) is 4.41. The molecule has 1 N–H and O–H groups in total. The van der Waals surface area contributed by atoms with Gasteiger partial charge in [-0.2, -0.15) is 0 Å². The Morgan fingerprint density at radius 1 is 1.31 bits per heavy atom. The van der Waals surface area contributed by atoms with E-state index in [-0.39, 0.29) is 0 Å². The van der Waals surface area contributed by atoms with Crippen LogP contribution in [-0.2, 0) is 0 Å². The predicted octanol–water partition coefficient (Wildman–Crippen LogP) is 2.35. The molecule has 74 valence electrons. The van der Waals surface area contributed by atoms with E-state index in [4.69, 9.17) is 0 Å². The molecule has 13 heavy (non-hydrogen) atoms. The maximum atomic E-state index is 4.45. The van der Waals surface area contributed by atoms with Gasteiger partial charge in [0, 0.05) is 19.0 Å². The minimum absolute atomic E-state index is 0.652. The Labute approximate surface area is 80.8 Å². The summed E-state index contributed by atoms with van der Waals surface area (Å²) in [7, 11) is 0. The van der Waals surface area contributed by atoms with Crippen LogP contribution in [0, 0.1) is 5.92 Å². The highest BCUT2D eigenvalue weighted by atomic mass is 15.0. The standard InChI is InChI=1S/C11H20N2/c1-9(10-5-2-3-6-10)13-11-7-4-8-12-11/h9-10H,2-8H2,1H3,(H,12,13). The maximum absolute atomic E-state index is 4.45. The van der Waals surface area contributed by atoms with Gasteiger partial charge in [-0.05, 0) is 32.1 Å². The van der Waals surface area contributed by atoms with Crippen molar-refractivity contribution < 1.29 is 0 Å². The van der Waals surface area contributed by atoms with E-state index in [1.165, 1.54) is 44.4 Å². The average molecular weight is 180 g/mol. The first kappa shape index (κ1) is 9.04. The number of hydrogen-bond donors (Lipinski definition) is 1. The van der Waals surface area contributed by atoms with Crippen molar-refractivity contribution in [3.8, 4) is 0 Å². The van der Waals surface area contributed by atoms with Crippen LogP contribution < -0.4 is 5.32 Å². The van der Waals surface area contributed by atoms with Gasteiger partial charge >= 0.3 is 0 Å². The van der Waals surface area contributed by atoms with Crippen molar-refractivity contribution in [2.45, 2.75) is 51.5 Å². The molecule has 1 saturated carbocycles. The zero-order chi connectivity index (χ0) is 9.10. The minimum atomic E-state index is 0.652. The van der Waals surface area contributed by atoms with Gasteiger partial charge in [-0.25, -0.2) is 0 Å². The van der Waals surface area contributed by atoms with E-state index in [0.29, 0.717) is 6.04 Å². The van der Waals surface area contributed by atoms with E-state index in [9.17, 15) is 0 Å². The van der Waals surface area contributed by atoms with Crippen LogP contribution in [-0.4, -0.2) is 18.4 Å². The molecule has 0 spiro atoms. The number of nitrogens with zero attached hydrogens (tertiary/aromatic N) is 1. The summed E-state index contributed by atoms with van der Waals surface area (Å²) in [5.74, 6) is 2.17. The highest BCUT2D eigenvalue weighted by molar-refractivity contribution is 5.83. The normalized spacial score (nSPS) is 26.1. The van der Waals surface area contributed by atoms with Crippen molar-refractivity contribution in [1.29, 1.82) is 0 Å². The molecular formula is C11H20N2. The van der Waals surface area contributed by atoms with Crippen molar-refractivity contribution in [3.63, 3.8) is 0 Å². The molecule has 0 radical (unpaired) electrons. The molecule has 0 aromatic carbocycles. The average Bonchev–Trinajstić information content (AvgIpc) is 2.74. The second kappa shape index (κ2) is 4.12. The highest BCUT2D eigenvalue weighted by Gasteiger charge is 2.22. The van der Waals surface area contributed by atoms with Gasteiger partial charge in [0.05, 0.1) is 5.84 Å². The molecule has 0 aromatic heterocycles. The Bertz CT molecular complexity index is 192. The summed E-state index contributed by atoms with van der Waals surface area (Å²) in [5.41, 5.74) is 0. The Hall–Kier alpha value is -0.530. The number of nitrogens with one attached hydrogen (secondary N) is 1.